The highest BCUT2D eigenvalue weighted by Gasteiger charge is 2.23. The van der Waals surface area contributed by atoms with Crippen molar-refractivity contribution in [2.45, 2.75) is 6.54 Å². The predicted molar refractivity (Wildman–Crippen MR) is 110 cm³/mol. The molecule has 0 bridgehead atoms. The lowest BCUT2D eigenvalue weighted by atomic mass is 9.92. The standard InChI is InChI=1S/C25H17NO/c1-26-16-20-9-5-11-22-19(14-15-23(24(20)22)25(26)27)13-12-18-8-4-7-17-6-2-3-10-21(17)18/h2-11,14-15H,16H2,1H3. The summed E-state index contributed by atoms with van der Waals surface area (Å²) < 4.78 is 0. The summed E-state index contributed by atoms with van der Waals surface area (Å²) in [5, 5.41) is 4.45. The molecule has 4 aromatic carbocycles. The van der Waals surface area contributed by atoms with Gasteiger partial charge in [0.2, 0.25) is 0 Å². The first-order valence-corrected chi connectivity index (χ1v) is 9.02. The summed E-state index contributed by atoms with van der Waals surface area (Å²) in [6, 6.07) is 24.6. The number of rotatable bonds is 0. The van der Waals surface area contributed by atoms with E-state index in [0.717, 1.165) is 32.8 Å². The number of fused-ring (bicyclic) bond motifs is 1. The van der Waals surface area contributed by atoms with Gasteiger partial charge in [-0.2, -0.15) is 0 Å². The maximum atomic E-state index is 12.5. The first-order chi connectivity index (χ1) is 13.2. The van der Waals surface area contributed by atoms with E-state index in [1.807, 2.05) is 43.4 Å². The molecule has 4 aromatic rings. The minimum Gasteiger partial charge on any atom is -0.337 e. The molecule has 0 radical (unpaired) electrons. The molecular formula is C25H17NO. The van der Waals surface area contributed by atoms with Gasteiger partial charge in [0.25, 0.3) is 5.91 Å². The number of amides is 1. The molecule has 0 spiro atoms. The van der Waals surface area contributed by atoms with Crippen molar-refractivity contribution < 1.29 is 4.79 Å². The molecule has 0 aromatic heterocycles. The third-order valence-electron chi connectivity index (χ3n) is 5.23. The topological polar surface area (TPSA) is 20.3 Å². The second-order valence-corrected chi connectivity index (χ2v) is 6.94. The molecule has 0 N–H and O–H groups in total. The van der Waals surface area contributed by atoms with E-state index in [9.17, 15) is 4.79 Å². The van der Waals surface area contributed by atoms with E-state index in [2.05, 4.69) is 48.2 Å². The summed E-state index contributed by atoms with van der Waals surface area (Å²) in [4.78, 5) is 14.3. The Labute approximate surface area is 158 Å². The van der Waals surface area contributed by atoms with E-state index in [-0.39, 0.29) is 5.91 Å². The van der Waals surface area contributed by atoms with Gasteiger partial charge in [0.1, 0.15) is 0 Å². The number of carbonyl (C=O) groups excluding carboxylic acids is 1. The molecule has 128 valence electrons. The number of hydrogen-bond donors (Lipinski definition) is 0. The molecule has 0 saturated heterocycles. The van der Waals surface area contributed by atoms with Crippen molar-refractivity contribution in [2.24, 2.45) is 0 Å². The van der Waals surface area contributed by atoms with Crippen LogP contribution in [0.5, 0.6) is 0 Å². The summed E-state index contributed by atoms with van der Waals surface area (Å²) in [5.74, 6) is 6.77. The van der Waals surface area contributed by atoms with Crippen molar-refractivity contribution >= 4 is 27.5 Å². The molecule has 0 aliphatic carbocycles. The summed E-state index contributed by atoms with van der Waals surface area (Å²) in [6.07, 6.45) is 0. The van der Waals surface area contributed by atoms with Crippen LogP contribution in [0.2, 0.25) is 0 Å². The van der Waals surface area contributed by atoms with E-state index in [4.69, 9.17) is 0 Å². The van der Waals surface area contributed by atoms with Crippen LogP contribution in [-0.2, 0) is 6.54 Å². The van der Waals surface area contributed by atoms with Crippen molar-refractivity contribution in [1.82, 2.24) is 4.90 Å². The van der Waals surface area contributed by atoms with Crippen molar-refractivity contribution in [2.75, 3.05) is 7.05 Å². The van der Waals surface area contributed by atoms with E-state index in [1.54, 1.807) is 4.90 Å². The molecule has 2 heteroatoms. The first kappa shape index (κ1) is 15.7. The largest absolute Gasteiger partial charge is 0.337 e. The third-order valence-corrected chi connectivity index (χ3v) is 5.23. The van der Waals surface area contributed by atoms with Crippen LogP contribution in [0.1, 0.15) is 27.0 Å². The molecule has 0 atom stereocenters. The Kier molecular flexibility index (Phi) is 3.48. The molecule has 0 fully saturated rings. The Morgan fingerprint density at radius 3 is 2.37 bits per heavy atom. The quantitative estimate of drug-likeness (QED) is 0.411. The van der Waals surface area contributed by atoms with Crippen LogP contribution in [0.15, 0.2) is 72.8 Å². The Morgan fingerprint density at radius 1 is 0.778 bits per heavy atom. The fourth-order valence-corrected chi connectivity index (χ4v) is 3.90. The normalized spacial score (nSPS) is 12.9. The molecule has 2 nitrogen and oxygen atoms in total. The smallest absolute Gasteiger partial charge is 0.254 e. The van der Waals surface area contributed by atoms with E-state index >= 15 is 0 Å². The molecule has 1 aliphatic rings. The van der Waals surface area contributed by atoms with Gasteiger partial charge in [0.05, 0.1) is 0 Å². The number of carbonyl (C=O) groups is 1. The summed E-state index contributed by atoms with van der Waals surface area (Å²) in [7, 11) is 1.85. The van der Waals surface area contributed by atoms with Crippen LogP contribution in [0.4, 0.5) is 0 Å². The highest BCUT2D eigenvalue weighted by atomic mass is 16.2. The lowest BCUT2D eigenvalue weighted by molar-refractivity contribution is 0.0780. The lowest BCUT2D eigenvalue weighted by Gasteiger charge is -2.25. The van der Waals surface area contributed by atoms with Gasteiger partial charge in [-0.3, -0.25) is 4.79 Å². The molecular weight excluding hydrogens is 330 g/mol. The number of hydrogen-bond acceptors (Lipinski definition) is 1. The maximum absolute atomic E-state index is 12.5. The molecule has 0 saturated carbocycles. The zero-order valence-electron chi connectivity index (χ0n) is 15.0. The molecule has 0 unspecified atom stereocenters. The summed E-state index contributed by atoms with van der Waals surface area (Å²) in [6.45, 7) is 0.642. The van der Waals surface area contributed by atoms with Crippen LogP contribution in [0, 0.1) is 11.8 Å². The van der Waals surface area contributed by atoms with Crippen LogP contribution >= 0.6 is 0 Å². The lowest BCUT2D eigenvalue weighted by Crippen LogP contribution is -2.30. The van der Waals surface area contributed by atoms with E-state index in [1.165, 1.54) is 10.9 Å². The zero-order valence-corrected chi connectivity index (χ0v) is 15.0. The van der Waals surface area contributed by atoms with Crippen LogP contribution < -0.4 is 0 Å². The zero-order chi connectivity index (χ0) is 18.4. The molecule has 1 aliphatic heterocycles. The van der Waals surface area contributed by atoms with E-state index < -0.39 is 0 Å². The summed E-state index contributed by atoms with van der Waals surface area (Å²) in [5.41, 5.74) is 3.92. The van der Waals surface area contributed by atoms with Gasteiger partial charge in [-0.05, 0) is 39.9 Å². The Morgan fingerprint density at radius 2 is 1.48 bits per heavy atom. The minimum absolute atomic E-state index is 0.0762. The van der Waals surface area contributed by atoms with Crippen LogP contribution in [0.25, 0.3) is 21.5 Å². The fourth-order valence-electron chi connectivity index (χ4n) is 3.90. The molecule has 27 heavy (non-hydrogen) atoms. The van der Waals surface area contributed by atoms with Gasteiger partial charge >= 0.3 is 0 Å². The predicted octanol–water partition coefficient (Wildman–Crippen LogP) is 4.98. The number of benzene rings is 4. The summed E-state index contributed by atoms with van der Waals surface area (Å²) >= 11 is 0. The van der Waals surface area contributed by atoms with Gasteiger partial charge < -0.3 is 4.90 Å². The SMILES string of the molecule is CN1Cc2cccc3c(C#Cc4cccc5ccccc45)ccc(c23)C1=O. The van der Waals surface area contributed by atoms with Gasteiger partial charge in [0.15, 0.2) is 0 Å². The molecule has 5 rings (SSSR count). The minimum atomic E-state index is 0.0762. The van der Waals surface area contributed by atoms with Crippen molar-refractivity contribution in [3.8, 4) is 11.8 Å². The average molecular weight is 347 g/mol. The Bertz CT molecular complexity index is 1280. The van der Waals surface area contributed by atoms with Gasteiger partial charge in [0, 0.05) is 35.7 Å². The highest BCUT2D eigenvalue weighted by molar-refractivity contribution is 6.11. The second kappa shape index (κ2) is 6.00. The maximum Gasteiger partial charge on any atom is 0.254 e. The van der Waals surface area contributed by atoms with Crippen LogP contribution in [-0.4, -0.2) is 17.9 Å². The van der Waals surface area contributed by atoms with Gasteiger partial charge in [-0.1, -0.05) is 66.4 Å². The monoisotopic (exact) mass is 347 g/mol. The fraction of sp³-hybridized carbons (Fsp3) is 0.0800. The molecule has 1 amide bonds. The van der Waals surface area contributed by atoms with Crippen molar-refractivity contribution in [3.05, 3.63) is 95.1 Å². The van der Waals surface area contributed by atoms with Gasteiger partial charge in [-0.15, -0.1) is 0 Å². The number of nitrogens with zero attached hydrogens (tertiary/aromatic N) is 1. The van der Waals surface area contributed by atoms with Crippen molar-refractivity contribution in [1.29, 1.82) is 0 Å². The van der Waals surface area contributed by atoms with Gasteiger partial charge in [-0.25, -0.2) is 0 Å². The Balaban J connectivity index is 1.70. The van der Waals surface area contributed by atoms with E-state index in [0.29, 0.717) is 6.54 Å². The highest BCUT2D eigenvalue weighted by Crippen LogP contribution is 2.31. The second-order valence-electron chi connectivity index (χ2n) is 6.94. The third kappa shape index (κ3) is 2.48. The first-order valence-electron chi connectivity index (χ1n) is 9.02. The average Bonchev–Trinajstić information content (AvgIpc) is 2.71. The Hall–Kier alpha value is -3.57. The van der Waals surface area contributed by atoms with Crippen LogP contribution in [0.3, 0.4) is 0 Å². The molecule has 1 heterocycles. The van der Waals surface area contributed by atoms with Crippen molar-refractivity contribution in [3.63, 3.8) is 0 Å².